The number of nitrogens with one attached hydrogen (secondary N) is 1. The van der Waals surface area contributed by atoms with E-state index >= 15 is 0 Å². The summed E-state index contributed by atoms with van der Waals surface area (Å²) < 4.78 is 14.1. The van der Waals surface area contributed by atoms with Crippen LogP contribution in [0.1, 0.15) is 48.9 Å². The normalized spacial score (nSPS) is 28.2. The SMILES string of the molecule is COc1cccc2c(=O)c(C(=O)NC34CC5CC(CC(C5)C3)C4)cn(CCOCCI)c12. The number of pyridine rings is 1. The number of halogens is 1. The van der Waals surface area contributed by atoms with Crippen LogP contribution in [0.5, 0.6) is 5.75 Å². The Hall–Kier alpha value is -1.61. The number of hydrogen-bond acceptors (Lipinski definition) is 4. The Morgan fingerprint density at radius 2 is 1.84 bits per heavy atom. The van der Waals surface area contributed by atoms with Crippen LogP contribution in [0.25, 0.3) is 10.9 Å². The van der Waals surface area contributed by atoms with Gasteiger partial charge in [-0.3, -0.25) is 9.59 Å². The third-order valence-electron chi connectivity index (χ3n) is 7.64. The Bertz CT molecular complexity index is 1040. The van der Waals surface area contributed by atoms with Crippen molar-refractivity contribution in [1.82, 2.24) is 9.88 Å². The molecule has 0 unspecified atom stereocenters. The number of aromatic nitrogens is 1. The van der Waals surface area contributed by atoms with Crippen LogP contribution >= 0.6 is 22.6 Å². The van der Waals surface area contributed by atoms with E-state index in [1.165, 1.54) is 19.3 Å². The predicted octanol–water partition coefficient (Wildman–Crippen LogP) is 4.16. The van der Waals surface area contributed by atoms with Crippen LogP contribution in [0.4, 0.5) is 0 Å². The van der Waals surface area contributed by atoms with Crippen molar-refractivity contribution in [3.8, 4) is 5.75 Å². The van der Waals surface area contributed by atoms with E-state index in [9.17, 15) is 9.59 Å². The lowest BCUT2D eigenvalue weighted by Gasteiger charge is -2.56. The maximum atomic E-state index is 13.5. The minimum absolute atomic E-state index is 0.129. The van der Waals surface area contributed by atoms with Crippen LogP contribution in [-0.2, 0) is 11.3 Å². The smallest absolute Gasteiger partial charge is 0.257 e. The quantitative estimate of drug-likeness (QED) is 0.305. The van der Waals surface area contributed by atoms with Gasteiger partial charge in [-0.2, -0.15) is 0 Å². The van der Waals surface area contributed by atoms with Crippen LogP contribution in [0, 0.1) is 17.8 Å². The second-order valence-electron chi connectivity index (χ2n) is 9.88. The van der Waals surface area contributed by atoms with Crippen LogP contribution in [0.15, 0.2) is 29.2 Å². The Kier molecular flexibility index (Phi) is 6.22. The highest BCUT2D eigenvalue weighted by atomic mass is 127. The first-order valence-electron chi connectivity index (χ1n) is 11.7. The van der Waals surface area contributed by atoms with Crippen LogP contribution in [-0.4, -0.2) is 40.8 Å². The van der Waals surface area contributed by atoms with Gasteiger partial charge in [0, 0.05) is 22.7 Å². The van der Waals surface area contributed by atoms with Crippen molar-refractivity contribution in [2.24, 2.45) is 17.8 Å². The van der Waals surface area contributed by atoms with Gasteiger partial charge < -0.3 is 19.4 Å². The summed E-state index contributed by atoms with van der Waals surface area (Å²) in [6, 6.07) is 5.43. The van der Waals surface area contributed by atoms with E-state index in [2.05, 4.69) is 27.9 Å². The van der Waals surface area contributed by atoms with Gasteiger partial charge in [0.05, 0.1) is 31.2 Å². The first-order valence-corrected chi connectivity index (χ1v) is 13.2. The van der Waals surface area contributed by atoms with E-state index in [1.807, 2.05) is 10.6 Å². The summed E-state index contributed by atoms with van der Waals surface area (Å²) in [5.74, 6) is 2.59. The van der Waals surface area contributed by atoms with Gasteiger partial charge in [-0.25, -0.2) is 0 Å². The molecule has 1 N–H and O–H groups in total. The molecule has 4 saturated carbocycles. The van der Waals surface area contributed by atoms with Gasteiger partial charge in [-0.05, 0) is 68.4 Å². The summed E-state index contributed by atoms with van der Waals surface area (Å²) in [6.45, 7) is 1.73. The summed E-state index contributed by atoms with van der Waals surface area (Å²) in [4.78, 5) is 26.9. The topological polar surface area (TPSA) is 69.6 Å². The molecule has 1 aromatic carbocycles. The van der Waals surface area contributed by atoms with E-state index in [0.717, 1.165) is 41.4 Å². The second-order valence-corrected chi connectivity index (χ2v) is 11.0. The van der Waals surface area contributed by atoms with E-state index < -0.39 is 0 Å². The second kappa shape index (κ2) is 8.97. The lowest BCUT2D eigenvalue weighted by atomic mass is 9.53. The van der Waals surface area contributed by atoms with Crippen molar-refractivity contribution in [3.63, 3.8) is 0 Å². The standard InChI is InChI=1S/C25H31IN2O4/c1-31-21-4-2-3-19-22(21)28(6-8-32-7-5-26)15-20(23(19)29)24(30)27-25-12-16-9-17(13-25)11-18(10-16)14-25/h2-4,15-18H,5-14H2,1H3,(H,27,30). The van der Waals surface area contributed by atoms with E-state index in [1.54, 1.807) is 25.4 Å². The number of carbonyl (C=O) groups is 1. The molecule has 2 aromatic rings. The van der Waals surface area contributed by atoms with Crippen LogP contribution < -0.4 is 15.5 Å². The monoisotopic (exact) mass is 550 g/mol. The molecule has 6 nitrogen and oxygen atoms in total. The summed E-state index contributed by atoms with van der Waals surface area (Å²) in [6.07, 6.45) is 8.83. The highest BCUT2D eigenvalue weighted by molar-refractivity contribution is 14.1. The molecule has 172 valence electrons. The zero-order valence-corrected chi connectivity index (χ0v) is 20.7. The maximum Gasteiger partial charge on any atom is 0.257 e. The maximum absolute atomic E-state index is 13.5. The van der Waals surface area contributed by atoms with Crippen LogP contribution in [0.3, 0.4) is 0 Å². The fourth-order valence-electron chi connectivity index (χ4n) is 6.82. The third-order valence-corrected chi connectivity index (χ3v) is 8.08. The largest absolute Gasteiger partial charge is 0.495 e. The number of fused-ring (bicyclic) bond motifs is 1. The van der Waals surface area contributed by atoms with Gasteiger partial charge >= 0.3 is 0 Å². The number of carbonyl (C=O) groups excluding carboxylic acids is 1. The van der Waals surface area contributed by atoms with Crippen molar-refractivity contribution in [3.05, 3.63) is 40.2 Å². The Labute approximate surface area is 202 Å². The van der Waals surface area contributed by atoms with E-state index in [4.69, 9.17) is 9.47 Å². The van der Waals surface area contributed by atoms with Gasteiger partial charge in [-0.15, -0.1) is 0 Å². The molecule has 4 aliphatic carbocycles. The molecule has 4 bridgehead atoms. The molecule has 0 saturated heterocycles. The van der Waals surface area contributed by atoms with Crippen molar-refractivity contribution < 1.29 is 14.3 Å². The lowest BCUT2D eigenvalue weighted by molar-refractivity contribution is -0.0167. The molecule has 1 amide bonds. The van der Waals surface area contributed by atoms with E-state index in [-0.39, 0.29) is 22.4 Å². The lowest BCUT2D eigenvalue weighted by Crippen LogP contribution is -2.60. The molecule has 6 rings (SSSR count). The van der Waals surface area contributed by atoms with Crippen molar-refractivity contribution in [2.45, 2.75) is 50.6 Å². The minimum atomic E-state index is -0.233. The number of alkyl halides is 1. The van der Waals surface area contributed by atoms with Crippen molar-refractivity contribution in [2.75, 3.05) is 24.8 Å². The molecule has 0 aliphatic heterocycles. The van der Waals surface area contributed by atoms with Crippen LogP contribution in [0.2, 0.25) is 0 Å². The first kappa shape index (κ1) is 22.2. The van der Waals surface area contributed by atoms with Crippen molar-refractivity contribution >= 4 is 39.4 Å². The number of hydrogen-bond donors (Lipinski definition) is 1. The highest BCUT2D eigenvalue weighted by Crippen LogP contribution is 2.55. The average Bonchev–Trinajstić information content (AvgIpc) is 2.76. The summed E-state index contributed by atoms with van der Waals surface area (Å²) >= 11 is 2.28. The van der Waals surface area contributed by atoms with Gasteiger partial charge in [-0.1, -0.05) is 28.7 Å². The minimum Gasteiger partial charge on any atom is -0.495 e. The molecule has 7 heteroatoms. The summed E-state index contributed by atoms with van der Waals surface area (Å²) in [7, 11) is 1.60. The third kappa shape index (κ3) is 4.06. The molecule has 0 atom stereocenters. The average molecular weight is 550 g/mol. The molecule has 0 radical (unpaired) electrons. The number of para-hydroxylation sites is 1. The Morgan fingerprint density at radius 1 is 1.16 bits per heavy atom. The molecule has 0 spiro atoms. The summed E-state index contributed by atoms with van der Waals surface area (Å²) in [5.41, 5.74) is 0.570. The number of nitrogens with zero attached hydrogens (tertiary/aromatic N) is 1. The van der Waals surface area contributed by atoms with Gasteiger partial charge in [0.2, 0.25) is 5.43 Å². The predicted molar refractivity (Wildman–Crippen MR) is 133 cm³/mol. The Morgan fingerprint density at radius 3 is 2.47 bits per heavy atom. The fraction of sp³-hybridized carbons (Fsp3) is 0.600. The molecule has 4 fully saturated rings. The summed E-state index contributed by atoms with van der Waals surface area (Å²) in [5, 5.41) is 3.87. The molecule has 4 aliphatic rings. The molecule has 1 heterocycles. The molecule has 32 heavy (non-hydrogen) atoms. The Balaban J connectivity index is 1.48. The zero-order chi connectivity index (χ0) is 22.3. The number of methoxy groups -OCH3 is 1. The number of ether oxygens (including phenoxy) is 2. The van der Waals surface area contributed by atoms with Crippen molar-refractivity contribution in [1.29, 1.82) is 0 Å². The number of benzene rings is 1. The number of amides is 1. The van der Waals surface area contributed by atoms with E-state index in [0.29, 0.717) is 36.4 Å². The highest BCUT2D eigenvalue weighted by Gasteiger charge is 2.51. The van der Waals surface area contributed by atoms with Gasteiger partial charge in [0.25, 0.3) is 5.91 Å². The first-order chi connectivity index (χ1) is 15.5. The fourth-order valence-corrected chi connectivity index (χ4v) is 7.13. The molecular weight excluding hydrogens is 519 g/mol. The molecular formula is C25H31IN2O4. The molecule has 1 aromatic heterocycles. The van der Waals surface area contributed by atoms with Gasteiger partial charge in [0.1, 0.15) is 11.3 Å². The van der Waals surface area contributed by atoms with Gasteiger partial charge in [0.15, 0.2) is 0 Å². The zero-order valence-electron chi connectivity index (χ0n) is 18.6. The number of rotatable bonds is 8.